The van der Waals surface area contributed by atoms with Crippen molar-refractivity contribution >= 4 is 23.2 Å². The maximum atomic E-state index is 11.8. The molecule has 0 spiro atoms. The van der Waals surface area contributed by atoms with Gasteiger partial charge in [0.2, 0.25) is 5.91 Å². The molecule has 1 aromatic rings. The minimum Gasteiger partial charge on any atom is -0.394 e. The lowest BCUT2D eigenvalue weighted by atomic mass is 10.3. The minimum absolute atomic E-state index is 0.0425. The Morgan fingerprint density at radius 2 is 2.29 bits per heavy atom. The zero-order valence-corrected chi connectivity index (χ0v) is 12.4. The summed E-state index contributed by atoms with van der Waals surface area (Å²) < 4.78 is 1.11. The summed E-state index contributed by atoms with van der Waals surface area (Å²) in [5.41, 5.74) is 0.000602. The van der Waals surface area contributed by atoms with Crippen LogP contribution in [-0.2, 0) is 11.3 Å². The molecule has 0 bridgehead atoms. The summed E-state index contributed by atoms with van der Waals surface area (Å²) >= 11 is 5.96. The predicted molar refractivity (Wildman–Crippen MR) is 79.5 cm³/mol. The third kappa shape index (κ3) is 4.71. The van der Waals surface area contributed by atoms with Crippen molar-refractivity contribution in [2.24, 2.45) is 0 Å². The van der Waals surface area contributed by atoms with Crippen LogP contribution >= 0.6 is 11.6 Å². The molecule has 0 aromatic carbocycles. The van der Waals surface area contributed by atoms with Gasteiger partial charge in [-0.2, -0.15) is 5.10 Å². The van der Waals surface area contributed by atoms with E-state index in [9.17, 15) is 9.59 Å². The van der Waals surface area contributed by atoms with E-state index in [1.165, 1.54) is 6.20 Å². The second-order valence-corrected chi connectivity index (χ2v) is 5.37. The Labute approximate surface area is 127 Å². The van der Waals surface area contributed by atoms with Gasteiger partial charge in [0.25, 0.3) is 5.56 Å². The quantitative estimate of drug-likeness (QED) is 0.602. The van der Waals surface area contributed by atoms with E-state index in [1.807, 2.05) is 0 Å². The molecule has 0 atom stereocenters. The zero-order valence-electron chi connectivity index (χ0n) is 11.6. The molecule has 1 aliphatic carbocycles. The largest absolute Gasteiger partial charge is 0.394 e. The van der Waals surface area contributed by atoms with Gasteiger partial charge in [0.05, 0.1) is 25.0 Å². The van der Waals surface area contributed by atoms with Crippen molar-refractivity contribution in [3.05, 3.63) is 21.6 Å². The first-order valence-electron chi connectivity index (χ1n) is 7.01. The van der Waals surface area contributed by atoms with Crippen molar-refractivity contribution in [2.45, 2.75) is 38.3 Å². The number of aliphatic hydroxyl groups is 1. The van der Waals surface area contributed by atoms with Gasteiger partial charge < -0.3 is 15.7 Å². The summed E-state index contributed by atoms with van der Waals surface area (Å²) in [6.45, 7) is 0.467. The number of carbonyl (C=O) groups is 1. The smallest absolute Gasteiger partial charge is 0.287 e. The molecule has 0 unspecified atom stereocenters. The molecule has 1 amide bonds. The summed E-state index contributed by atoms with van der Waals surface area (Å²) in [7, 11) is 0. The number of aliphatic hydroxyl groups excluding tert-OH is 1. The number of hydrogen-bond donors (Lipinski definition) is 3. The van der Waals surface area contributed by atoms with Crippen molar-refractivity contribution in [1.29, 1.82) is 0 Å². The van der Waals surface area contributed by atoms with Gasteiger partial charge in [0.1, 0.15) is 5.02 Å². The molecule has 0 aliphatic heterocycles. The average molecular weight is 315 g/mol. The topological polar surface area (TPSA) is 96.2 Å². The lowest BCUT2D eigenvalue weighted by Crippen LogP contribution is -2.26. The molecule has 1 heterocycles. The molecule has 0 saturated heterocycles. The average Bonchev–Trinajstić information content (AvgIpc) is 3.26. The van der Waals surface area contributed by atoms with Crippen molar-refractivity contribution in [1.82, 2.24) is 15.1 Å². The highest BCUT2D eigenvalue weighted by molar-refractivity contribution is 6.32. The number of halogens is 1. The van der Waals surface area contributed by atoms with Crippen LogP contribution in [0.3, 0.4) is 0 Å². The van der Waals surface area contributed by atoms with Crippen LogP contribution in [0.2, 0.25) is 5.02 Å². The molecule has 8 heteroatoms. The minimum atomic E-state index is -0.442. The first kappa shape index (κ1) is 15.8. The summed E-state index contributed by atoms with van der Waals surface area (Å²) in [4.78, 5) is 23.3. The SMILES string of the molecule is O=C(CCCNc1cnn(CCO)c(=O)c1Cl)NC1CC1. The van der Waals surface area contributed by atoms with Gasteiger partial charge in [-0.05, 0) is 19.3 Å². The molecular weight excluding hydrogens is 296 g/mol. The fourth-order valence-corrected chi connectivity index (χ4v) is 2.05. The predicted octanol–water partition coefficient (Wildman–Crippen LogP) is 0.360. The highest BCUT2D eigenvalue weighted by Gasteiger charge is 2.22. The standard InChI is InChI=1S/C13H19ClN4O3/c14-12-10(8-16-18(6-7-19)13(12)21)15-5-1-2-11(20)17-9-3-4-9/h8-9,15,19H,1-7H2,(H,17,20). The van der Waals surface area contributed by atoms with Crippen LogP contribution in [0.15, 0.2) is 11.0 Å². The van der Waals surface area contributed by atoms with E-state index in [1.54, 1.807) is 0 Å². The third-order valence-electron chi connectivity index (χ3n) is 3.14. The summed E-state index contributed by atoms with van der Waals surface area (Å²) in [5.74, 6) is 0.0573. The van der Waals surface area contributed by atoms with E-state index < -0.39 is 5.56 Å². The first-order valence-corrected chi connectivity index (χ1v) is 7.39. The summed E-state index contributed by atoms with van der Waals surface area (Å²) in [5, 5.41) is 18.7. The van der Waals surface area contributed by atoms with Gasteiger partial charge in [-0.3, -0.25) is 9.59 Å². The molecule has 3 N–H and O–H groups in total. The van der Waals surface area contributed by atoms with Gasteiger partial charge in [-0.15, -0.1) is 0 Å². The van der Waals surface area contributed by atoms with Crippen LogP contribution in [0.1, 0.15) is 25.7 Å². The number of nitrogens with one attached hydrogen (secondary N) is 2. The van der Waals surface area contributed by atoms with Crippen molar-refractivity contribution in [2.75, 3.05) is 18.5 Å². The Morgan fingerprint density at radius 3 is 2.95 bits per heavy atom. The molecule has 7 nitrogen and oxygen atoms in total. The molecule has 2 rings (SSSR count). The normalized spacial score (nSPS) is 14.0. The molecule has 1 aliphatic rings. The van der Waals surface area contributed by atoms with Crippen LogP contribution in [0.4, 0.5) is 5.69 Å². The van der Waals surface area contributed by atoms with E-state index in [4.69, 9.17) is 16.7 Å². The maximum absolute atomic E-state index is 11.8. The van der Waals surface area contributed by atoms with Crippen LogP contribution in [0.5, 0.6) is 0 Å². The Kier molecular flexibility index (Phi) is 5.58. The Hall–Kier alpha value is -1.60. The number of amides is 1. The van der Waals surface area contributed by atoms with Gasteiger partial charge in [0.15, 0.2) is 0 Å². The summed E-state index contributed by atoms with van der Waals surface area (Å²) in [6.07, 6.45) is 4.69. The Bertz CT molecular complexity index is 557. The molecule has 21 heavy (non-hydrogen) atoms. The maximum Gasteiger partial charge on any atom is 0.287 e. The van der Waals surface area contributed by atoms with Crippen LogP contribution < -0.4 is 16.2 Å². The van der Waals surface area contributed by atoms with Gasteiger partial charge in [0, 0.05) is 19.0 Å². The Morgan fingerprint density at radius 1 is 1.52 bits per heavy atom. The van der Waals surface area contributed by atoms with E-state index in [0.29, 0.717) is 31.1 Å². The number of anilines is 1. The highest BCUT2D eigenvalue weighted by atomic mass is 35.5. The number of hydrogen-bond acceptors (Lipinski definition) is 5. The molecule has 116 valence electrons. The molecular formula is C13H19ClN4O3. The van der Waals surface area contributed by atoms with E-state index >= 15 is 0 Å². The van der Waals surface area contributed by atoms with Crippen LogP contribution in [-0.4, -0.2) is 40.0 Å². The van der Waals surface area contributed by atoms with E-state index in [2.05, 4.69) is 15.7 Å². The monoisotopic (exact) mass is 314 g/mol. The first-order chi connectivity index (χ1) is 10.1. The fraction of sp³-hybridized carbons (Fsp3) is 0.615. The number of nitrogens with zero attached hydrogens (tertiary/aromatic N) is 2. The zero-order chi connectivity index (χ0) is 15.2. The Balaban J connectivity index is 1.78. The fourth-order valence-electron chi connectivity index (χ4n) is 1.84. The number of carbonyl (C=O) groups excluding carboxylic acids is 1. The second-order valence-electron chi connectivity index (χ2n) is 5.00. The van der Waals surface area contributed by atoms with Crippen LogP contribution in [0.25, 0.3) is 0 Å². The third-order valence-corrected chi connectivity index (χ3v) is 3.50. The van der Waals surface area contributed by atoms with E-state index in [-0.39, 0.29) is 24.1 Å². The van der Waals surface area contributed by atoms with Crippen molar-refractivity contribution in [3.8, 4) is 0 Å². The number of aromatic nitrogens is 2. The molecule has 1 saturated carbocycles. The lowest BCUT2D eigenvalue weighted by Gasteiger charge is -2.09. The second kappa shape index (κ2) is 7.42. The van der Waals surface area contributed by atoms with Gasteiger partial charge in [-0.1, -0.05) is 11.6 Å². The van der Waals surface area contributed by atoms with Crippen LogP contribution in [0, 0.1) is 0 Å². The summed E-state index contributed by atoms with van der Waals surface area (Å²) in [6, 6.07) is 0.378. The highest BCUT2D eigenvalue weighted by Crippen LogP contribution is 2.19. The lowest BCUT2D eigenvalue weighted by molar-refractivity contribution is -0.121. The molecule has 0 radical (unpaired) electrons. The van der Waals surface area contributed by atoms with Crippen molar-refractivity contribution in [3.63, 3.8) is 0 Å². The molecule has 1 aromatic heterocycles. The van der Waals surface area contributed by atoms with E-state index in [0.717, 1.165) is 17.5 Å². The number of rotatable bonds is 8. The van der Waals surface area contributed by atoms with Gasteiger partial charge >= 0.3 is 0 Å². The van der Waals surface area contributed by atoms with Crippen molar-refractivity contribution < 1.29 is 9.90 Å². The van der Waals surface area contributed by atoms with Gasteiger partial charge in [-0.25, -0.2) is 4.68 Å². The molecule has 1 fully saturated rings.